The average molecular weight is 282 g/mol. The van der Waals surface area contributed by atoms with Crippen molar-refractivity contribution in [2.24, 2.45) is 4.99 Å². The van der Waals surface area contributed by atoms with Gasteiger partial charge in [-0.15, -0.1) is 0 Å². The van der Waals surface area contributed by atoms with E-state index >= 15 is 0 Å². The monoisotopic (exact) mass is 281 g/mol. The Bertz CT molecular complexity index is 461. The maximum Gasteiger partial charge on any atom is 0.155 e. The second-order valence-electron chi connectivity index (χ2n) is 5.24. The average Bonchev–Trinajstić information content (AvgIpc) is 3.03. The minimum atomic E-state index is 0.362. The van der Waals surface area contributed by atoms with Crippen LogP contribution in [0.2, 0.25) is 0 Å². The summed E-state index contributed by atoms with van der Waals surface area (Å²) in [5, 5.41) is 7.18. The number of fused-ring (bicyclic) bond motifs is 1. The van der Waals surface area contributed by atoms with Crippen LogP contribution >= 0.6 is 11.6 Å². The number of halogens is 1. The maximum absolute atomic E-state index is 6.31. The highest BCUT2D eigenvalue weighted by atomic mass is 35.5. The number of hydrogen-bond donors (Lipinski definition) is 2. The Hall–Kier alpha value is -1.16. The molecule has 19 heavy (non-hydrogen) atoms. The first-order valence-electron chi connectivity index (χ1n) is 7.11. The van der Waals surface area contributed by atoms with Crippen LogP contribution in [-0.2, 0) is 4.74 Å². The van der Waals surface area contributed by atoms with Gasteiger partial charge in [0.2, 0.25) is 0 Å². The number of hydrogen-bond acceptors (Lipinski definition) is 4. The molecule has 2 N–H and O–H groups in total. The lowest BCUT2D eigenvalue weighted by Gasteiger charge is -2.18. The molecule has 5 heteroatoms. The SMILES string of the molecule is CCC1=C(Cl)NC2=NCNC2=C(OC2CCCC2)C1. The molecule has 0 bridgehead atoms. The quantitative estimate of drug-likeness (QED) is 0.782. The van der Waals surface area contributed by atoms with E-state index in [1.807, 2.05) is 0 Å². The third-order valence-electron chi connectivity index (χ3n) is 3.96. The van der Waals surface area contributed by atoms with Gasteiger partial charge in [-0.05, 0) is 37.7 Å². The largest absolute Gasteiger partial charge is 0.492 e. The second-order valence-corrected chi connectivity index (χ2v) is 5.61. The fourth-order valence-electron chi connectivity index (χ4n) is 2.83. The van der Waals surface area contributed by atoms with Crippen molar-refractivity contribution >= 4 is 17.4 Å². The van der Waals surface area contributed by atoms with Gasteiger partial charge in [0.1, 0.15) is 23.3 Å². The predicted octanol–water partition coefficient (Wildman–Crippen LogP) is 2.97. The number of aliphatic imine (C=N–C) groups is 1. The first-order chi connectivity index (χ1) is 9.28. The van der Waals surface area contributed by atoms with Crippen molar-refractivity contribution in [3.63, 3.8) is 0 Å². The van der Waals surface area contributed by atoms with Crippen molar-refractivity contribution in [1.82, 2.24) is 10.6 Å². The third kappa shape index (κ3) is 2.59. The predicted molar refractivity (Wildman–Crippen MR) is 76.7 cm³/mol. The summed E-state index contributed by atoms with van der Waals surface area (Å²) in [6.07, 6.45) is 6.94. The summed E-state index contributed by atoms with van der Waals surface area (Å²) in [7, 11) is 0. The molecule has 0 unspecified atom stereocenters. The standard InChI is InChI=1S/C14H20ClN3O/c1-2-9-7-11(19-10-5-3-4-6-10)12-14(17-8-16-12)18-13(9)15/h10,16H,2-8H2,1H3,(H,17,18). The molecule has 0 atom stereocenters. The Morgan fingerprint density at radius 3 is 2.89 bits per heavy atom. The maximum atomic E-state index is 6.31. The molecule has 0 aromatic carbocycles. The smallest absolute Gasteiger partial charge is 0.155 e. The topological polar surface area (TPSA) is 45.7 Å². The number of allylic oxidation sites excluding steroid dienone is 1. The summed E-state index contributed by atoms with van der Waals surface area (Å²) in [5.74, 6) is 1.82. The van der Waals surface area contributed by atoms with Gasteiger partial charge in [-0.2, -0.15) is 0 Å². The summed E-state index contributed by atoms with van der Waals surface area (Å²) < 4.78 is 6.23. The van der Waals surface area contributed by atoms with E-state index in [9.17, 15) is 0 Å². The Morgan fingerprint density at radius 1 is 1.37 bits per heavy atom. The van der Waals surface area contributed by atoms with Crippen LogP contribution in [0.1, 0.15) is 45.4 Å². The molecule has 2 heterocycles. The summed E-state index contributed by atoms with van der Waals surface area (Å²) in [6.45, 7) is 2.72. The van der Waals surface area contributed by atoms with E-state index < -0.39 is 0 Å². The molecule has 1 saturated carbocycles. The highest BCUT2D eigenvalue weighted by Gasteiger charge is 2.27. The molecule has 0 aromatic heterocycles. The zero-order valence-corrected chi connectivity index (χ0v) is 12.0. The van der Waals surface area contributed by atoms with Crippen LogP contribution < -0.4 is 10.6 Å². The fraction of sp³-hybridized carbons (Fsp3) is 0.643. The molecule has 1 aliphatic carbocycles. The molecular formula is C14H20ClN3O. The van der Waals surface area contributed by atoms with Gasteiger partial charge in [-0.1, -0.05) is 18.5 Å². The van der Waals surface area contributed by atoms with Gasteiger partial charge in [0.05, 0.1) is 6.10 Å². The lowest BCUT2D eigenvalue weighted by Crippen LogP contribution is -2.25. The first kappa shape index (κ1) is 12.9. The van der Waals surface area contributed by atoms with Gasteiger partial charge >= 0.3 is 0 Å². The van der Waals surface area contributed by atoms with E-state index in [1.54, 1.807) is 0 Å². The number of rotatable bonds is 3. The summed E-state index contributed by atoms with van der Waals surface area (Å²) in [5.41, 5.74) is 2.18. The Kier molecular flexibility index (Phi) is 3.69. The van der Waals surface area contributed by atoms with Gasteiger partial charge in [0.15, 0.2) is 5.84 Å². The van der Waals surface area contributed by atoms with Crippen LogP contribution in [0.4, 0.5) is 0 Å². The molecule has 0 radical (unpaired) electrons. The van der Waals surface area contributed by atoms with Crippen LogP contribution in [0.25, 0.3) is 0 Å². The van der Waals surface area contributed by atoms with E-state index in [1.165, 1.54) is 18.4 Å². The highest BCUT2D eigenvalue weighted by molar-refractivity contribution is 6.31. The van der Waals surface area contributed by atoms with Crippen molar-refractivity contribution in [2.45, 2.75) is 51.6 Å². The molecule has 0 amide bonds. The third-order valence-corrected chi connectivity index (χ3v) is 4.32. The zero-order valence-electron chi connectivity index (χ0n) is 11.3. The van der Waals surface area contributed by atoms with Crippen molar-refractivity contribution in [1.29, 1.82) is 0 Å². The second kappa shape index (κ2) is 5.45. The summed E-state index contributed by atoms with van der Waals surface area (Å²) >= 11 is 6.31. The summed E-state index contributed by atoms with van der Waals surface area (Å²) in [4.78, 5) is 4.40. The molecule has 0 saturated heterocycles. The highest BCUT2D eigenvalue weighted by Crippen LogP contribution is 2.31. The van der Waals surface area contributed by atoms with E-state index in [0.29, 0.717) is 17.9 Å². The van der Waals surface area contributed by atoms with Gasteiger partial charge in [-0.3, -0.25) is 0 Å². The van der Waals surface area contributed by atoms with Crippen LogP contribution in [0.3, 0.4) is 0 Å². The molecule has 1 fully saturated rings. The van der Waals surface area contributed by atoms with Gasteiger partial charge in [0.25, 0.3) is 0 Å². The number of nitrogens with zero attached hydrogens (tertiary/aromatic N) is 1. The number of nitrogens with one attached hydrogen (secondary N) is 2. The molecule has 3 rings (SSSR count). The van der Waals surface area contributed by atoms with Crippen molar-refractivity contribution < 1.29 is 4.74 Å². The van der Waals surface area contributed by atoms with E-state index in [-0.39, 0.29) is 0 Å². The molecule has 104 valence electrons. The van der Waals surface area contributed by atoms with Crippen LogP contribution in [0.5, 0.6) is 0 Å². The lowest BCUT2D eigenvalue weighted by atomic mass is 10.1. The van der Waals surface area contributed by atoms with Gasteiger partial charge in [-0.25, -0.2) is 4.99 Å². The van der Waals surface area contributed by atoms with Gasteiger partial charge < -0.3 is 15.4 Å². The Labute approximate surface area is 118 Å². The molecular weight excluding hydrogens is 262 g/mol. The lowest BCUT2D eigenvalue weighted by molar-refractivity contribution is 0.115. The van der Waals surface area contributed by atoms with Crippen LogP contribution in [0.15, 0.2) is 27.2 Å². The van der Waals surface area contributed by atoms with Gasteiger partial charge in [0, 0.05) is 6.42 Å². The van der Waals surface area contributed by atoms with Crippen molar-refractivity contribution in [3.8, 4) is 0 Å². The molecule has 0 aromatic rings. The van der Waals surface area contributed by atoms with Crippen LogP contribution in [0, 0.1) is 0 Å². The molecule has 4 nitrogen and oxygen atoms in total. The van der Waals surface area contributed by atoms with Crippen molar-refractivity contribution in [2.75, 3.05) is 6.67 Å². The van der Waals surface area contributed by atoms with E-state index in [2.05, 4.69) is 22.5 Å². The minimum Gasteiger partial charge on any atom is -0.492 e. The fourth-order valence-corrected chi connectivity index (χ4v) is 3.12. The normalized spacial score (nSPS) is 23.8. The van der Waals surface area contributed by atoms with E-state index in [4.69, 9.17) is 16.3 Å². The Balaban J connectivity index is 1.87. The van der Waals surface area contributed by atoms with Crippen LogP contribution in [-0.4, -0.2) is 18.6 Å². The number of ether oxygens (including phenoxy) is 1. The molecule has 3 aliphatic rings. The molecule has 2 aliphatic heterocycles. The number of amidine groups is 1. The summed E-state index contributed by atoms with van der Waals surface area (Å²) in [6, 6.07) is 0. The minimum absolute atomic E-state index is 0.362. The van der Waals surface area contributed by atoms with E-state index in [0.717, 1.165) is 43.0 Å². The van der Waals surface area contributed by atoms with Crippen molar-refractivity contribution in [3.05, 3.63) is 22.2 Å². The Morgan fingerprint density at radius 2 is 2.16 bits per heavy atom. The molecule has 0 spiro atoms. The first-order valence-corrected chi connectivity index (χ1v) is 7.48. The zero-order chi connectivity index (χ0) is 13.2.